The van der Waals surface area contributed by atoms with E-state index < -0.39 is 5.60 Å². The van der Waals surface area contributed by atoms with Gasteiger partial charge in [-0.1, -0.05) is 37.3 Å². The summed E-state index contributed by atoms with van der Waals surface area (Å²) in [5.74, 6) is 0.998. The van der Waals surface area contributed by atoms with Crippen molar-refractivity contribution < 1.29 is 14.6 Å². The van der Waals surface area contributed by atoms with Gasteiger partial charge in [-0.2, -0.15) is 0 Å². The maximum absolute atomic E-state index is 13.2. The molecule has 1 spiro atoms. The number of amides is 1. The highest BCUT2D eigenvalue weighted by Gasteiger charge is 2.51. The monoisotopic (exact) mass is 379 g/mol. The van der Waals surface area contributed by atoms with Crippen LogP contribution in [0.15, 0.2) is 54.6 Å². The van der Waals surface area contributed by atoms with Gasteiger partial charge >= 0.3 is 0 Å². The number of carbonyl (C=O) groups is 1. The number of anilines is 1. The van der Waals surface area contributed by atoms with Crippen LogP contribution in [0.4, 0.5) is 5.69 Å². The Hall–Kier alpha value is -2.33. The molecule has 1 saturated heterocycles. The lowest BCUT2D eigenvalue weighted by Gasteiger charge is -2.40. The standard InChI is InChI=1S/C24H29NO3/c1-2-19-8-10-20(11-9-19)25-17-16-23(22(25)26)12-14-24(27,15-13-23)18-28-21-6-4-3-5-7-21/h3-11,27H,2,12-18H2,1H3. The highest BCUT2D eigenvalue weighted by Crippen LogP contribution is 2.48. The van der Waals surface area contributed by atoms with E-state index in [9.17, 15) is 9.90 Å². The number of rotatable bonds is 5. The molecule has 28 heavy (non-hydrogen) atoms. The minimum absolute atomic E-state index is 0.225. The van der Waals surface area contributed by atoms with Gasteiger partial charge in [-0.25, -0.2) is 0 Å². The Labute approximate surface area is 167 Å². The SMILES string of the molecule is CCc1ccc(N2CCC3(CCC(O)(COc4ccccc4)CC3)C2=O)cc1. The molecule has 2 fully saturated rings. The molecule has 0 radical (unpaired) electrons. The smallest absolute Gasteiger partial charge is 0.233 e. The summed E-state index contributed by atoms with van der Waals surface area (Å²) in [5, 5.41) is 11.0. The molecule has 1 aliphatic heterocycles. The van der Waals surface area contributed by atoms with Crippen LogP contribution in [0.5, 0.6) is 5.75 Å². The first-order valence-electron chi connectivity index (χ1n) is 10.3. The van der Waals surface area contributed by atoms with Gasteiger partial charge in [-0.15, -0.1) is 0 Å². The third kappa shape index (κ3) is 3.66. The molecule has 4 rings (SSSR count). The van der Waals surface area contributed by atoms with Crippen LogP contribution >= 0.6 is 0 Å². The highest BCUT2D eigenvalue weighted by atomic mass is 16.5. The Kier molecular flexibility index (Phi) is 5.15. The van der Waals surface area contributed by atoms with Crippen LogP contribution in [-0.4, -0.2) is 29.8 Å². The summed E-state index contributed by atoms with van der Waals surface area (Å²) in [7, 11) is 0. The number of carbonyl (C=O) groups excluding carboxylic acids is 1. The Balaban J connectivity index is 1.38. The Morgan fingerprint density at radius 3 is 2.29 bits per heavy atom. The van der Waals surface area contributed by atoms with Crippen molar-refractivity contribution in [3.05, 3.63) is 60.2 Å². The number of aryl methyl sites for hydroxylation is 1. The normalized spacial score (nSPS) is 27.4. The largest absolute Gasteiger partial charge is 0.491 e. The maximum Gasteiger partial charge on any atom is 0.233 e. The lowest BCUT2D eigenvalue weighted by atomic mass is 9.68. The zero-order chi connectivity index (χ0) is 19.6. The van der Waals surface area contributed by atoms with Gasteiger partial charge in [0.1, 0.15) is 12.4 Å². The summed E-state index contributed by atoms with van der Waals surface area (Å²) in [6.07, 6.45) is 4.54. The predicted molar refractivity (Wildman–Crippen MR) is 111 cm³/mol. The fraction of sp³-hybridized carbons (Fsp3) is 0.458. The van der Waals surface area contributed by atoms with Crippen molar-refractivity contribution in [1.82, 2.24) is 0 Å². The molecule has 2 aromatic rings. The molecule has 0 unspecified atom stereocenters. The highest BCUT2D eigenvalue weighted by molar-refractivity contribution is 6.00. The number of ether oxygens (including phenoxy) is 1. The molecule has 1 heterocycles. The quantitative estimate of drug-likeness (QED) is 0.840. The maximum atomic E-state index is 13.2. The summed E-state index contributed by atoms with van der Waals surface area (Å²) < 4.78 is 5.79. The van der Waals surface area contributed by atoms with Crippen LogP contribution in [0.2, 0.25) is 0 Å². The van der Waals surface area contributed by atoms with Gasteiger partial charge in [-0.05, 0) is 68.4 Å². The molecule has 1 aliphatic carbocycles. The number of nitrogens with zero attached hydrogens (tertiary/aromatic N) is 1. The van der Waals surface area contributed by atoms with E-state index in [0.29, 0.717) is 12.8 Å². The first kappa shape index (κ1) is 19.0. The number of aliphatic hydroxyl groups is 1. The second kappa shape index (κ2) is 7.59. The van der Waals surface area contributed by atoms with Gasteiger partial charge in [-0.3, -0.25) is 4.79 Å². The molecule has 0 aromatic heterocycles. The van der Waals surface area contributed by atoms with Gasteiger partial charge in [0, 0.05) is 12.2 Å². The molecule has 1 amide bonds. The first-order chi connectivity index (χ1) is 13.5. The van der Waals surface area contributed by atoms with Crippen LogP contribution in [0.3, 0.4) is 0 Å². The molecule has 1 saturated carbocycles. The van der Waals surface area contributed by atoms with Crippen LogP contribution in [0.25, 0.3) is 0 Å². The topological polar surface area (TPSA) is 49.8 Å². The van der Waals surface area contributed by atoms with Crippen LogP contribution in [-0.2, 0) is 11.2 Å². The minimum Gasteiger partial charge on any atom is -0.491 e. The zero-order valence-corrected chi connectivity index (χ0v) is 16.6. The Bertz CT molecular complexity index is 808. The first-order valence-corrected chi connectivity index (χ1v) is 10.3. The zero-order valence-electron chi connectivity index (χ0n) is 16.6. The molecule has 1 N–H and O–H groups in total. The van der Waals surface area contributed by atoms with Gasteiger partial charge < -0.3 is 14.7 Å². The number of benzene rings is 2. The van der Waals surface area contributed by atoms with E-state index >= 15 is 0 Å². The summed E-state index contributed by atoms with van der Waals surface area (Å²) in [4.78, 5) is 15.2. The van der Waals surface area contributed by atoms with Crippen LogP contribution in [0.1, 0.15) is 44.6 Å². The fourth-order valence-corrected chi connectivity index (χ4v) is 4.52. The number of hydrogen-bond donors (Lipinski definition) is 1. The fourth-order valence-electron chi connectivity index (χ4n) is 4.52. The van der Waals surface area contributed by atoms with E-state index in [0.717, 1.165) is 43.7 Å². The van der Waals surface area contributed by atoms with E-state index in [1.54, 1.807) is 0 Å². The molecule has 148 valence electrons. The van der Waals surface area contributed by atoms with Crippen molar-refractivity contribution in [3.63, 3.8) is 0 Å². The van der Waals surface area contributed by atoms with Crippen molar-refractivity contribution >= 4 is 11.6 Å². The molecular formula is C24H29NO3. The van der Waals surface area contributed by atoms with E-state index in [2.05, 4.69) is 31.2 Å². The van der Waals surface area contributed by atoms with Gasteiger partial charge in [0.25, 0.3) is 0 Å². The molecule has 4 heteroatoms. The van der Waals surface area contributed by atoms with E-state index in [1.165, 1.54) is 5.56 Å². The van der Waals surface area contributed by atoms with Crippen molar-refractivity contribution in [3.8, 4) is 5.75 Å². The predicted octanol–water partition coefficient (Wildman–Crippen LogP) is 4.36. The number of para-hydroxylation sites is 1. The van der Waals surface area contributed by atoms with Gasteiger partial charge in [0.05, 0.1) is 11.0 Å². The Morgan fingerprint density at radius 1 is 0.964 bits per heavy atom. The molecule has 2 aliphatic rings. The lowest BCUT2D eigenvalue weighted by Crippen LogP contribution is -2.46. The third-order valence-electron chi connectivity index (χ3n) is 6.56. The van der Waals surface area contributed by atoms with E-state index in [-0.39, 0.29) is 17.9 Å². The molecule has 0 bridgehead atoms. The second-order valence-corrected chi connectivity index (χ2v) is 8.33. The van der Waals surface area contributed by atoms with Gasteiger partial charge in [0.15, 0.2) is 0 Å². The van der Waals surface area contributed by atoms with Crippen molar-refractivity contribution in [2.45, 2.75) is 51.0 Å². The van der Waals surface area contributed by atoms with Gasteiger partial charge in [0.2, 0.25) is 5.91 Å². The van der Waals surface area contributed by atoms with Crippen molar-refractivity contribution in [1.29, 1.82) is 0 Å². The van der Waals surface area contributed by atoms with E-state index in [4.69, 9.17) is 4.74 Å². The second-order valence-electron chi connectivity index (χ2n) is 8.33. The molecule has 0 atom stereocenters. The average molecular weight is 380 g/mol. The van der Waals surface area contributed by atoms with Crippen LogP contribution < -0.4 is 9.64 Å². The number of hydrogen-bond acceptors (Lipinski definition) is 3. The minimum atomic E-state index is -0.850. The third-order valence-corrected chi connectivity index (χ3v) is 6.56. The van der Waals surface area contributed by atoms with Crippen molar-refractivity contribution in [2.75, 3.05) is 18.1 Å². The summed E-state index contributed by atoms with van der Waals surface area (Å²) >= 11 is 0. The van der Waals surface area contributed by atoms with Crippen molar-refractivity contribution in [2.24, 2.45) is 5.41 Å². The lowest BCUT2D eigenvalue weighted by molar-refractivity contribution is -0.132. The molecular weight excluding hydrogens is 350 g/mol. The summed E-state index contributed by atoms with van der Waals surface area (Å²) in [5.41, 5.74) is 1.11. The van der Waals surface area contributed by atoms with Crippen LogP contribution in [0, 0.1) is 5.41 Å². The average Bonchev–Trinajstić information content (AvgIpc) is 3.06. The Morgan fingerprint density at radius 2 is 1.64 bits per heavy atom. The summed E-state index contributed by atoms with van der Waals surface area (Å²) in [6.45, 7) is 3.18. The summed E-state index contributed by atoms with van der Waals surface area (Å²) in [6, 6.07) is 17.9. The van der Waals surface area contributed by atoms with E-state index in [1.807, 2.05) is 35.2 Å². The molecule has 2 aromatic carbocycles. The molecule has 4 nitrogen and oxygen atoms in total.